The van der Waals surface area contributed by atoms with Crippen molar-refractivity contribution in [1.29, 1.82) is 0 Å². The molecule has 4 heteroatoms. The number of amides is 1. The van der Waals surface area contributed by atoms with Crippen molar-refractivity contribution in [2.75, 3.05) is 19.8 Å². The molecule has 0 radical (unpaired) electrons. The van der Waals surface area contributed by atoms with Gasteiger partial charge in [0.1, 0.15) is 6.10 Å². The number of rotatable bonds is 5. The van der Waals surface area contributed by atoms with E-state index >= 15 is 0 Å². The molecular weight excluding hydrogens is 278 g/mol. The van der Waals surface area contributed by atoms with Gasteiger partial charge in [-0.1, -0.05) is 30.3 Å². The number of carbonyl (C=O) groups excluding carboxylic acids is 1. The van der Waals surface area contributed by atoms with E-state index in [4.69, 9.17) is 9.47 Å². The Morgan fingerprint density at radius 2 is 2.14 bits per heavy atom. The van der Waals surface area contributed by atoms with E-state index in [0.29, 0.717) is 13.2 Å². The van der Waals surface area contributed by atoms with Crippen LogP contribution in [0.3, 0.4) is 0 Å². The minimum absolute atomic E-state index is 0.124. The molecule has 0 saturated carbocycles. The van der Waals surface area contributed by atoms with Crippen LogP contribution in [-0.4, -0.2) is 48.8 Å². The zero-order valence-electron chi connectivity index (χ0n) is 13.2. The molecular formula is C18H25NO3. The third-order valence-electron chi connectivity index (χ3n) is 4.64. The number of likely N-dealkylation sites (tertiary alicyclic amines) is 1. The highest BCUT2D eigenvalue weighted by Gasteiger charge is 2.40. The van der Waals surface area contributed by atoms with E-state index in [9.17, 15) is 4.79 Å². The van der Waals surface area contributed by atoms with Crippen molar-refractivity contribution >= 4 is 5.91 Å². The monoisotopic (exact) mass is 303 g/mol. The first-order chi connectivity index (χ1) is 10.8. The first-order valence-electron chi connectivity index (χ1n) is 8.37. The van der Waals surface area contributed by atoms with Gasteiger partial charge in [0.05, 0.1) is 12.1 Å². The minimum Gasteiger partial charge on any atom is -0.376 e. The number of nitrogens with zero attached hydrogens (tertiary/aromatic N) is 1. The summed E-state index contributed by atoms with van der Waals surface area (Å²) in [6.07, 6.45) is 3.51. The molecule has 0 unspecified atom stereocenters. The molecule has 2 saturated heterocycles. The van der Waals surface area contributed by atoms with Gasteiger partial charge in [0, 0.05) is 19.8 Å². The predicted molar refractivity (Wildman–Crippen MR) is 84.7 cm³/mol. The third-order valence-corrected chi connectivity index (χ3v) is 4.64. The molecule has 2 fully saturated rings. The average molecular weight is 303 g/mol. The number of carbonyl (C=O) groups is 1. The molecule has 3 atom stereocenters. The zero-order valence-corrected chi connectivity index (χ0v) is 13.2. The molecule has 2 aliphatic heterocycles. The molecule has 2 aliphatic rings. The second-order valence-electron chi connectivity index (χ2n) is 6.07. The maximum absolute atomic E-state index is 12.7. The maximum Gasteiger partial charge on any atom is 0.252 e. The van der Waals surface area contributed by atoms with Crippen LogP contribution < -0.4 is 0 Å². The summed E-state index contributed by atoms with van der Waals surface area (Å²) in [5, 5.41) is 0. The van der Waals surface area contributed by atoms with E-state index in [1.807, 2.05) is 30.0 Å². The summed E-state index contributed by atoms with van der Waals surface area (Å²) in [6, 6.07) is 10.5. The molecule has 0 aromatic heterocycles. The number of hydrogen-bond donors (Lipinski definition) is 0. The highest BCUT2D eigenvalue weighted by molar-refractivity contribution is 5.82. The minimum atomic E-state index is -0.237. The van der Waals surface area contributed by atoms with Crippen molar-refractivity contribution in [2.45, 2.75) is 50.9 Å². The lowest BCUT2D eigenvalue weighted by atomic mass is 10.0. The van der Waals surface area contributed by atoms with Crippen LogP contribution in [0.4, 0.5) is 0 Å². The Bertz CT molecular complexity index is 484. The van der Waals surface area contributed by atoms with Gasteiger partial charge in [0.2, 0.25) is 0 Å². The quantitative estimate of drug-likeness (QED) is 0.838. The van der Waals surface area contributed by atoms with Gasteiger partial charge in [-0.2, -0.15) is 0 Å². The Hall–Kier alpha value is -1.39. The van der Waals surface area contributed by atoms with Crippen LogP contribution in [0.5, 0.6) is 0 Å². The smallest absolute Gasteiger partial charge is 0.252 e. The molecule has 0 spiro atoms. The van der Waals surface area contributed by atoms with Crippen LogP contribution >= 0.6 is 0 Å². The molecule has 22 heavy (non-hydrogen) atoms. The second kappa shape index (κ2) is 7.25. The lowest BCUT2D eigenvalue weighted by Gasteiger charge is -2.30. The molecule has 1 aromatic rings. The Kier molecular flexibility index (Phi) is 5.11. The van der Waals surface area contributed by atoms with Crippen LogP contribution in [0.15, 0.2) is 30.3 Å². The van der Waals surface area contributed by atoms with Crippen molar-refractivity contribution in [2.24, 2.45) is 0 Å². The molecule has 4 nitrogen and oxygen atoms in total. The lowest BCUT2D eigenvalue weighted by Crippen LogP contribution is -2.46. The summed E-state index contributed by atoms with van der Waals surface area (Å²) in [5.41, 5.74) is 1.25. The standard InChI is InChI=1S/C18H25NO3/c1-2-21-16-10-11-19(18(20)17-9-6-12-22-17)15(16)13-14-7-4-3-5-8-14/h3-5,7-8,15-17H,2,6,9-13H2,1H3/t15-,16-,17+/m1/s1. The summed E-state index contributed by atoms with van der Waals surface area (Å²) in [4.78, 5) is 14.7. The summed E-state index contributed by atoms with van der Waals surface area (Å²) in [7, 11) is 0. The van der Waals surface area contributed by atoms with Crippen molar-refractivity contribution in [3.63, 3.8) is 0 Å². The van der Waals surface area contributed by atoms with E-state index in [1.165, 1.54) is 5.56 Å². The number of hydrogen-bond acceptors (Lipinski definition) is 3. The van der Waals surface area contributed by atoms with E-state index < -0.39 is 0 Å². The average Bonchev–Trinajstić information content (AvgIpc) is 3.19. The largest absolute Gasteiger partial charge is 0.376 e. The van der Waals surface area contributed by atoms with Gasteiger partial charge < -0.3 is 14.4 Å². The van der Waals surface area contributed by atoms with Crippen LogP contribution in [0.25, 0.3) is 0 Å². The van der Waals surface area contributed by atoms with Gasteiger partial charge >= 0.3 is 0 Å². The van der Waals surface area contributed by atoms with E-state index in [-0.39, 0.29) is 24.2 Å². The highest BCUT2D eigenvalue weighted by Crippen LogP contribution is 2.27. The van der Waals surface area contributed by atoms with E-state index in [0.717, 1.165) is 32.2 Å². The molecule has 1 aromatic carbocycles. The lowest BCUT2D eigenvalue weighted by molar-refractivity contribution is -0.143. The van der Waals surface area contributed by atoms with Gasteiger partial charge in [-0.15, -0.1) is 0 Å². The van der Waals surface area contributed by atoms with Gasteiger partial charge in [-0.3, -0.25) is 4.79 Å². The SMILES string of the molecule is CCO[C@@H]1CCN(C(=O)[C@@H]2CCCO2)[C@@H]1Cc1ccccc1. The highest BCUT2D eigenvalue weighted by atomic mass is 16.5. The molecule has 0 bridgehead atoms. The van der Waals surface area contributed by atoms with Crippen molar-refractivity contribution in [3.8, 4) is 0 Å². The summed E-state index contributed by atoms with van der Waals surface area (Å²) in [5.74, 6) is 0.153. The molecule has 2 heterocycles. The predicted octanol–water partition coefficient (Wildman–Crippen LogP) is 2.41. The van der Waals surface area contributed by atoms with Gasteiger partial charge in [0.25, 0.3) is 5.91 Å². The fourth-order valence-corrected chi connectivity index (χ4v) is 3.56. The first-order valence-corrected chi connectivity index (χ1v) is 8.37. The van der Waals surface area contributed by atoms with Gasteiger partial charge in [0.15, 0.2) is 0 Å². The molecule has 120 valence electrons. The zero-order chi connectivity index (χ0) is 15.4. The molecule has 3 rings (SSSR count). The molecule has 0 N–H and O–H groups in total. The van der Waals surface area contributed by atoms with Crippen molar-refractivity contribution < 1.29 is 14.3 Å². The van der Waals surface area contributed by atoms with Crippen LogP contribution in [0, 0.1) is 0 Å². The molecule has 1 amide bonds. The fraction of sp³-hybridized carbons (Fsp3) is 0.611. The Balaban J connectivity index is 1.74. The van der Waals surface area contributed by atoms with E-state index in [1.54, 1.807) is 0 Å². The second-order valence-corrected chi connectivity index (χ2v) is 6.07. The van der Waals surface area contributed by atoms with Crippen molar-refractivity contribution in [1.82, 2.24) is 4.90 Å². The normalized spacial score (nSPS) is 28.2. The number of ether oxygens (including phenoxy) is 2. The third kappa shape index (κ3) is 3.33. The Morgan fingerprint density at radius 1 is 1.32 bits per heavy atom. The van der Waals surface area contributed by atoms with E-state index in [2.05, 4.69) is 12.1 Å². The molecule has 0 aliphatic carbocycles. The van der Waals surface area contributed by atoms with Crippen LogP contribution in [0.1, 0.15) is 31.7 Å². The first kappa shape index (κ1) is 15.5. The number of benzene rings is 1. The Morgan fingerprint density at radius 3 is 2.82 bits per heavy atom. The maximum atomic E-state index is 12.7. The van der Waals surface area contributed by atoms with Crippen molar-refractivity contribution in [3.05, 3.63) is 35.9 Å². The summed E-state index contributed by atoms with van der Waals surface area (Å²) < 4.78 is 11.5. The fourth-order valence-electron chi connectivity index (χ4n) is 3.56. The van der Waals surface area contributed by atoms with Gasteiger partial charge in [-0.05, 0) is 38.2 Å². The van der Waals surface area contributed by atoms with Crippen LogP contribution in [0.2, 0.25) is 0 Å². The van der Waals surface area contributed by atoms with Gasteiger partial charge in [-0.25, -0.2) is 0 Å². The van der Waals surface area contributed by atoms with Crippen LogP contribution in [-0.2, 0) is 20.7 Å². The Labute approximate surface area is 132 Å². The summed E-state index contributed by atoms with van der Waals surface area (Å²) >= 11 is 0. The topological polar surface area (TPSA) is 38.8 Å². The summed E-state index contributed by atoms with van der Waals surface area (Å²) in [6.45, 7) is 4.20.